The molecule has 0 amide bonds. The third-order valence-corrected chi connectivity index (χ3v) is 4.28. The highest BCUT2D eigenvalue weighted by molar-refractivity contribution is 5.28. The minimum Gasteiger partial charge on any atom is -0.208 e. The van der Waals surface area contributed by atoms with Gasteiger partial charge in [-0.05, 0) is 49.1 Å². The summed E-state index contributed by atoms with van der Waals surface area (Å²) in [6.45, 7) is 0. The van der Waals surface area contributed by atoms with Crippen LogP contribution in [0.4, 0.5) is 0 Å². The van der Waals surface area contributed by atoms with Crippen LogP contribution < -0.4 is 4.57 Å². The van der Waals surface area contributed by atoms with Crippen LogP contribution in [0, 0.1) is 0 Å². The van der Waals surface area contributed by atoms with Gasteiger partial charge < -0.3 is 0 Å². The van der Waals surface area contributed by atoms with Gasteiger partial charge in [0.1, 0.15) is 7.05 Å². The normalized spacial score (nSPS) is 18.1. The molecule has 1 atom stereocenters. The summed E-state index contributed by atoms with van der Waals surface area (Å²) in [5, 5.41) is 0. The van der Waals surface area contributed by atoms with E-state index in [-0.39, 0.29) is 0 Å². The van der Waals surface area contributed by atoms with Crippen molar-refractivity contribution < 1.29 is 4.57 Å². The van der Waals surface area contributed by atoms with Gasteiger partial charge in [-0.1, -0.05) is 30.3 Å². The van der Waals surface area contributed by atoms with Crippen LogP contribution in [0.1, 0.15) is 41.9 Å². The molecule has 1 unspecified atom stereocenters. The van der Waals surface area contributed by atoms with Gasteiger partial charge in [0, 0.05) is 11.6 Å². The van der Waals surface area contributed by atoms with Crippen molar-refractivity contribution in [1.82, 2.24) is 0 Å². The van der Waals surface area contributed by atoms with Crippen LogP contribution in [-0.2, 0) is 19.9 Å². The fourth-order valence-corrected chi connectivity index (χ4v) is 3.26. The predicted octanol–water partition coefficient (Wildman–Crippen LogP) is 3.56. The largest absolute Gasteiger partial charge is 0.208 e. The summed E-state index contributed by atoms with van der Waals surface area (Å²) in [5.41, 5.74) is 4.63. The Morgan fingerprint density at radius 1 is 1.16 bits per heavy atom. The molecule has 1 aromatic carbocycles. The molecule has 19 heavy (non-hydrogen) atoms. The molecular weight excluding hydrogens is 230 g/mol. The summed E-state index contributed by atoms with van der Waals surface area (Å²) in [6, 6.07) is 13.2. The Balaban J connectivity index is 1.73. The van der Waals surface area contributed by atoms with Crippen molar-refractivity contribution in [1.29, 1.82) is 0 Å². The molecule has 0 spiro atoms. The monoisotopic (exact) mass is 252 g/mol. The lowest BCUT2D eigenvalue weighted by molar-refractivity contribution is -0.672. The Morgan fingerprint density at radius 3 is 2.84 bits per heavy atom. The molecule has 0 bridgehead atoms. The van der Waals surface area contributed by atoms with E-state index < -0.39 is 0 Å². The van der Waals surface area contributed by atoms with E-state index in [2.05, 4.69) is 60.4 Å². The minimum atomic E-state index is 0.755. The van der Waals surface area contributed by atoms with Crippen molar-refractivity contribution in [3.05, 3.63) is 65.5 Å². The van der Waals surface area contributed by atoms with Crippen LogP contribution in [0.15, 0.2) is 48.8 Å². The van der Waals surface area contributed by atoms with E-state index in [1.807, 2.05) is 0 Å². The number of nitrogens with zero attached hydrogens (tertiary/aromatic N) is 1. The maximum atomic E-state index is 2.34. The number of aromatic nitrogens is 1. The lowest BCUT2D eigenvalue weighted by Gasteiger charge is -2.24. The Kier molecular flexibility index (Phi) is 3.63. The van der Waals surface area contributed by atoms with Crippen LogP contribution in [0.2, 0.25) is 0 Å². The number of fused-ring (bicyclic) bond motifs is 1. The summed E-state index contributed by atoms with van der Waals surface area (Å²) >= 11 is 0. The van der Waals surface area contributed by atoms with Crippen molar-refractivity contribution in [2.75, 3.05) is 0 Å². The third kappa shape index (κ3) is 2.86. The number of hydrogen-bond donors (Lipinski definition) is 0. The smallest absolute Gasteiger partial charge is 0.171 e. The van der Waals surface area contributed by atoms with E-state index in [1.54, 1.807) is 11.1 Å². The first-order chi connectivity index (χ1) is 9.33. The Hall–Kier alpha value is -1.63. The molecule has 1 aliphatic rings. The molecule has 0 radical (unpaired) electrons. The molecule has 0 saturated heterocycles. The maximum Gasteiger partial charge on any atom is 0.171 e. The van der Waals surface area contributed by atoms with Crippen LogP contribution in [-0.4, -0.2) is 0 Å². The summed E-state index contributed by atoms with van der Waals surface area (Å²) in [4.78, 5) is 0. The summed E-state index contributed by atoms with van der Waals surface area (Å²) < 4.78 is 2.18. The maximum absolute atomic E-state index is 2.34. The van der Waals surface area contributed by atoms with Crippen molar-refractivity contribution >= 4 is 0 Å². The van der Waals surface area contributed by atoms with E-state index in [0.29, 0.717) is 0 Å². The first kappa shape index (κ1) is 12.4. The molecule has 1 aromatic heterocycles. The summed E-state index contributed by atoms with van der Waals surface area (Å²) in [5.74, 6) is 0.755. The first-order valence-corrected chi connectivity index (χ1v) is 7.35. The Morgan fingerprint density at radius 2 is 2.00 bits per heavy atom. The quantitative estimate of drug-likeness (QED) is 0.735. The average molecular weight is 252 g/mol. The average Bonchev–Trinajstić information content (AvgIpc) is 2.45. The summed E-state index contributed by atoms with van der Waals surface area (Å²) in [7, 11) is 2.12. The SMILES string of the molecule is C[n+]1ccc2c(c1)CCCC2CCc1ccccc1. The number of benzene rings is 1. The van der Waals surface area contributed by atoms with E-state index in [1.165, 1.54) is 37.7 Å². The fourth-order valence-electron chi connectivity index (χ4n) is 3.26. The molecule has 0 fully saturated rings. The molecular formula is C18H22N+. The van der Waals surface area contributed by atoms with Crippen molar-refractivity contribution in [3.8, 4) is 0 Å². The molecule has 1 heteroatoms. The molecule has 1 heterocycles. The van der Waals surface area contributed by atoms with Crippen LogP contribution in [0.25, 0.3) is 0 Å². The van der Waals surface area contributed by atoms with Gasteiger partial charge in [0.05, 0.1) is 0 Å². The molecule has 1 nitrogen and oxygen atoms in total. The number of pyridine rings is 1. The second kappa shape index (κ2) is 5.56. The standard InChI is InChI=1S/C18H22N/c1-19-13-12-18-16(8-5-9-17(18)14-19)11-10-15-6-3-2-4-7-15/h2-4,6-7,12-14,16H,5,8-11H2,1H3/q+1. The van der Waals surface area contributed by atoms with Gasteiger partial charge in [0.2, 0.25) is 0 Å². The van der Waals surface area contributed by atoms with Crippen LogP contribution in [0.5, 0.6) is 0 Å². The highest BCUT2D eigenvalue weighted by Crippen LogP contribution is 2.33. The third-order valence-electron chi connectivity index (χ3n) is 4.28. The second-order valence-electron chi connectivity index (χ2n) is 5.70. The minimum absolute atomic E-state index is 0.755. The highest BCUT2D eigenvalue weighted by Gasteiger charge is 2.21. The van der Waals surface area contributed by atoms with Crippen molar-refractivity contribution in [2.45, 2.75) is 38.0 Å². The van der Waals surface area contributed by atoms with Gasteiger partial charge in [0.15, 0.2) is 12.4 Å². The van der Waals surface area contributed by atoms with E-state index in [4.69, 9.17) is 0 Å². The van der Waals surface area contributed by atoms with Gasteiger partial charge in [-0.25, -0.2) is 4.57 Å². The molecule has 3 rings (SSSR count). The molecule has 0 N–H and O–H groups in total. The zero-order valence-electron chi connectivity index (χ0n) is 11.7. The Bertz CT molecular complexity index is 545. The van der Waals surface area contributed by atoms with Gasteiger partial charge in [-0.2, -0.15) is 0 Å². The van der Waals surface area contributed by atoms with Gasteiger partial charge >= 0.3 is 0 Å². The topological polar surface area (TPSA) is 3.88 Å². The summed E-state index contributed by atoms with van der Waals surface area (Å²) in [6.07, 6.45) is 10.9. The lowest BCUT2D eigenvalue weighted by atomic mass is 9.81. The van der Waals surface area contributed by atoms with E-state index in [0.717, 1.165) is 5.92 Å². The van der Waals surface area contributed by atoms with Gasteiger partial charge in [0.25, 0.3) is 0 Å². The predicted molar refractivity (Wildman–Crippen MR) is 78.1 cm³/mol. The fraction of sp³-hybridized carbons (Fsp3) is 0.389. The molecule has 0 saturated carbocycles. The van der Waals surface area contributed by atoms with Crippen molar-refractivity contribution in [3.63, 3.8) is 0 Å². The Labute approximate surface area is 115 Å². The van der Waals surface area contributed by atoms with Crippen LogP contribution >= 0.6 is 0 Å². The number of rotatable bonds is 3. The molecule has 2 aromatic rings. The van der Waals surface area contributed by atoms with Gasteiger partial charge in [-0.15, -0.1) is 0 Å². The lowest BCUT2D eigenvalue weighted by Crippen LogP contribution is -2.29. The van der Waals surface area contributed by atoms with Crippen molar-refractivity contribution in [2.24, 2.45) is 7.05 Å². The second-order valence-corrected chi connectivity index (χ2v) is 5.70. The van der Waals surface area contributed by atoms with Crippen LogP contribution in [0.3, 0.4) is 0 Å². The van der Waals surface area contributed by atoms with E-state index >= 15 is 0 Å². The molecule has 0 aliphatic heterocycles. The number of aryl methyl sites for hydroxylation is 3. The molecule has 1 aliphatic carbocycles. The van der Waals surface area contributed by atoms with E-state index in [9.17, 15) is 0 Å². The zero-order chi connectivity index (χ0) is 13.1. The molecule has 98 valence electrons. The van der Waals surface area contributed by atoms with Gasteiger partial charge in [-0.3, -0.25) is 0 Å². The highest BCUT2D eigenvalue weighted by atomic mass is 14.9. The number of hydrogen-bond acceptors (Lipinski definition) is 0. The first-order valence-electron chi connectivity index (χ1n) is 7.35. The zero-order valence-corrected chi connectivity index (χ0v) is 11.7.